The lowest BCUT2D eigenvalue weighted by Crippen LogP contribution is -2.31. The van der Waals surface area contributed by atoms with Crippen molar-refractivity contribution in [1.29, 1.82) is 5.26 Å². The number of nitrogens with one attached hydrogen (secondary N) is 2. The first-order valence-electron chi connectivity index (χ1n) is 9.59. The van der Waals surface area contributed by atoms with Gasteiger partial charge in [-0.05, 0) is 55.7 Å². The standard InChI is InChI=1S/C20H23N5O2/c21-8-5-18(26)25-10-1-2-13(7-11-25)16-12-17(24-20(27)14-3-4-14)23-19-15(16)6-9-22-19/h6,9,12-14H,1-5,7,10-11H2,(H2,22,23,24,27). The van der Waals surface area contributed by atoms with Gasteiger partial charge >= 0.3 is 0 Å². The monoisotopic (exact) mass is 365 g/mol. The molecule has 0 bridgehead atoms. The van der Waals surface area contributed by atoms with Crippen molar-refractivity contribution in [1.82, 2.24) is 14.9 Å². The first-order valence-corrected chi connectivity index (χ1v) is 9.59. The highest BCUT2D eigenvalue weighted by Gasteiger charge is 2.30. The maximum Gasteiger partial charge on any atom is 0.236 e. The number of anilines is 1. The summed E-state index contributed by atoms with van der Waals surface area (Å²) in [7, 11) is 0. The Labute approximate surface area is 157 Å². The number of likely N-dealkylation sites (tertiary alicyclic amines) is 1. The van der Waals surface area contributed by atoms with Crippen LogP contribution in [0.3, 0.4) is 0 Å². The lowest BCUT2D eigenvalue weighted by Gasteiger charge is -2.20. The Hall–Kier alpha value is -2.88. The molecule has 7 heteroatoms. The average Bonchev–Trinajstić information content (AvgIpc) is 3.44. The summed E-state index contributed by atoms with van der Waals surface area (Å²) in [6.07, 6.45) is 6.44. The summed E-state index contributed by atoms with van der Waals surface area (Å²) in [5, 5.41) is 12.8. The number of nitrogens with zero attached hydrogens (tertiary/aromatic N) is 3. The molecule has 7 nitrogen and oxygen atoms in total. The van der Waals surface area contributed by atoms with Gasteiger partial charge in [-0.3, -0.25) is 9.59 Å². The van der Waals surface area contributed by atoms with Crippen LogP contribution in [-0.2, 0) is 9.59 Å². The first-order chi connectivity index (χ1) is 13.2. The van der Waals surface area contributed by atoms with E-state index in [-0.39, 0.29) is 24.2 Å². The van der Waals surface area contributed by atoms with Gasteiger partial charge in [0.05, 0.1) is 6.07 Å². The summed E-state index contributed by atoms with van der Waals surface area (Å²) in [6.45, 7) is 1.35. The highest BCUT2D eigenvalue weighted by Crippen LogP contribution is 2.35. The minimum absolute atomic E-state index is 0.0495. The SMILES string of the molecule is N#CCC(=O)N1CCCC(c2cc(NC(=O)C3CC3)nc3[nH]ccc23)CC1. The van der Waals surface area contributed by atoms with E-state index in [2.05, 4.69) is 15.3 Å². The van der Waals surface area contributed by atoms with E-state index in [9.17, 15) is 9.59 Å². The third-order valence-electron chi connectivity index (χ3n) is 5.51. The normalized spacial score (nSPS) is 20.1. The molecule has 1 aliphatic heterocycles. The molecule has 2 aromatic heterocycles. The molecule has 2 amide bonds. The van der Waals surface area contributed by atoms with Crippen LogP contribution in [0.1, 0.15) is 50.0 Å². The zero-order valence-electron chi connectivity index (χ0n) is 15.2. The number of carbonyl (C=O) groups excluding carboxylic acids is 2. The molecule has 4 rings (SSSR count). The fourth-order valence-electron chi connectivity index (χ4n) is 3.88. The molecule has 1 atom stereocenters. The van der Waals surface area contributed by atoms with Crippen molar-refractivity contribution >= 4 is 28.7 Å². The van der Waals surface area contributed by atoms with Gasteiger partial charge in [-0.15, -0.1) is 0 Å². The van der Waals surface area contributed by atoms with Crippen molar-refractivity contribution in [2.75, 3.05) is 18.4 Å². The molecule has 2 aliphatic rings. The maximum absolute atomic E-state index is 12.1. The number of fused-ring (bicyclic) bond motifs is 1. The second-order valence-corrected chi connectivity index (χ2v) is 7.44. The van der Waals surface area contributed by atoms with E-state index in [0.717, 1.165) is 43.1 Å². The number of carbonyl (C=O) groups is 2. The molecule has 27 heavy (non-hydrogen) atoms. The molecule has 0 radical (unpaired) electrons. The summed E-state index contributed by atoms with van der Waals surface area (Å²) >= 11 is 0. The number of rotatable bonds is 4. The third kappa shape index (κ3) is 3.80. The fourth-order valence-corrected chi connectivity index (χ4v) is 3.88. The van der Waals surface area contributed by atoms with Crippen molar-refractivity contribution in [2.24, 2.45) is 5.92 Å². The molecule has 140 valence electrons. The molecule has 2 N–H and O–H groups in total. The molecule has 2 aromatic rings. The number of pyridine rings is 1. The van der Waals surface area contributed by atoms with Crippen LogP contribution in [0.5, 0.6) is 0 Å². The lowest BCUT2D eigenvalue weighted by atomic mass is 9.90. The molecule has 3 heterocycles. The Morgan fingerprint density at radius 2 is 2.15 bits per heavy atom. The summed E-state index contributed by atoms with van der Waals surface area (Å²) in [6, 6.07) is 5.96. The number of aromatic amines is 1. The molecule has 1 unspecified atom stereocenters. The van der Waals surface area contributed by atoms with Crippen LogP contribution in [-0.4, -0.2) is 39.8 Å². The predicted molar refractivity (Wildman–Crippen MR) is 101 cm³/mol. The Balaban J connectivity index is 1.56. The second kappa shape index (κ2) is 7.39. The van der Waals surface area contributed by atoms with E-state index in [0.29, 0.717) is 24.8 Å². The Morgan fingerprint density at radius 3 is 2.93 bits per heavy atom. The van der Waals surface area contributed by atoms with Gasteiger partial charge in [0, 0.05) is 30.6 Å². The van der Waals surface area contributed by atoms with E-state index in [4.69, 9.17) is 5.26 Å². The topological polar surface area (TPSA) is 102 Å². The van der Waals surface area contributed by atoms with Crippen LogP contribution < -0.4 is 5.32 Å². The van der Waals surface area contributed by atoms with Gasteiger partial charge in [0.1, 0.15) is 17.9 Å². The van der Waals surface area contributed by atoms with Crippen LogP contribution in [0.4, 0.5) is 5.82 Å². The summed E-state index contributed by atoms with van der Waals surface area (Å²) in [5.41, 5.74) is 1.95. The third-order valence-corrected chi connectivity index (χ3v) is 5.51. The molecule has 0 spiro atoms. The largest absolute Gasteiger partial charge is 0.346 e. The predicted octanol–water partition coefficient (Wildman–Crippen LogP) is 2.92. The Bertz CT molecular complexity index is 909. The smallest absolute Gasteiger partial charge is 0.236 e. The van der Waals surface area contributed by atoms with Crippen LogP contribution in [0.2, 0.25) is 0 Å². The highest BCUT2D eigenvalue weighted by molar-refractivity contribution is 5.94. The van der Waals surface area contributed by atoms with Gasteiger partial charge in [-0.2, -0.15) is 5.26 Å². The van der Waals surface area contributed by atoms with Crippen molar-refractivity contribution in [3.05, 3.63) is 23.9 Å². The van der Waals surface area contributed by atoms with E-state index in [1.165, 1.54) is 5.56 Å². The minimum Gasteiger partial charge on any atom is -0.346 e. The number of hydrogen-bond donors (Lipinski definition) is 2. The number of aromatic nitrogens is 2. The average molecular weight is 365 g/mol. The number of amides is 2. The summed E-state index contributed by atoms with van der Waals surface area (Å²) < 4.78 is 0. The van der Waals surface area contributed by atoms with Gasteiger partial charge < -0.3 is 15.2 Å². The molecule has 1 saturated carbocycles. The van der Waals surface area contributed by atoms with Crippen molar-refractivity contribution in [3.8, 4) is 6.07 Å². The van der Waals surface area contributed by atoms with Crippen LogP contribution in [0, 0.1) is 17.2 Å². The zero-order valence-corrected chi connectivity index (χ0v) is 15.2. The lowest BCUT2D eigenvalue weighted by molar-refractivity contribution is -0.130. The van der Waals surface area contributed by atoms with Gasteiger partial charge in [0.25, 0.3) is 0 Å². The van der Waals surface area contributed by atoms with Crippen molar-refractivity contribution in [3.63, 3.8) is 0 Å². The summed E-state index contributed by atoms with van der Waals surface area (Å²) in [5.74, 6) is 0.985. The van der Waals surface area contributed by atoms with Gasteiger partial charge in [-0.1, -0.05) is 0 Å². The molecular weight excluding hydrogens is 342 g/mol. The molecule has 0 aromatic carbocycles. The summed E-state index contributed by atoms with van der Waals surface area (Å²) in [4.78, 5) is 33.7. The van der Waals surface area contributed by atoms with Gasteiger partial charge in [0.15, 0.2) is 0 Å². The zero-order chi connectivity index (χ0) is 18.8. The van der Waals surface area contributed by atoms with Gasteiger partial charge in [-0.25, -0.2) is 4.98 Å². The van der Waals surface area contributed by atoms with E-state index < -0.39 is 0 Å². The van der Waals surface area contributed by atoms with Crippen LogP contribution in [0.15, 0.2) is 18.3 Å². The van der Waals surface area contributed by atoms with Crippen molar-refractivity contribution < 1.29 is 9.59 Å². The molecule has 1 aliphatic carbocycles. The van der Waals surface area contributed by atoms with Crippen molar-refractivity contribution in [2.45, 2.75) is 44.4 Å². The van der Waals surface area contributed by atoms with Crippen LogP contribution in [0.25, 0.3) is 11.0 Å². The Kier molecular flexibility index (Phi) is 4.80. The maximum atomic E-state index is 12.1. The minimum atomic E-state index is -0.0861. The fraction of sp³-hybridized carbons (Fsp3) is 0.500. The van der Waals surface area contributed by atoms with E-state index >= 15 is 0 Å². The van der Waals surface area contributed by atoms with Crippen LogP contribution >= 0.6 is 0 Å². The van der Waals surface area contributed by atoms with E-state index in [1.807, 2.05) is 24.4 Å². The van der Waals surface area contributed by atoms with E-state index in [1.54, 1.807) is 4.90 Å². The first kappa shape index (κ1) is 17.5. The molecule has 2 fully saturated rings. The number of hydrogen-bond acceptors (Lipinski definition) is 4. The quantitative estimate of drug-likeness (QED) is 0.869. The number of H-pyrrole nitrogens is 1. The molecular formula is C20H23N5O2. The molecule has 1 saturated heterocycles. The Morgan fingerprint density at radius 1 is 1.30 bits per heavy atom. The highest BCUT2D eigenvalue weighted by atomic mass is 16.2. The number of nitriles is 1. The van der Waals surface area contributed by atoms with Gasteiger partial charge in [0.2, 0.25) is 11.8 Å². The second-order valence-electron chi connectivity index (χ2n) is 7.44.